The molecule has 2 rings (SSSR count). The second-order valence-electron chi connectivity index (χ2n) is 4.18. The molecule has 0 saturated heterocycles. The third kappa shape index (κ3) is 3.27. The van der Waals surface area contributed by atoms with Gasteiger partial charge in [0.1, 0.15) is 10.8 Å². The van der Waals surface area contributed by atoms with Crippen LogP contribution in [0.2, 0.25) is 0 Å². The van der Waals surface area contributed by atoms with Gasteiger partial charge in [0.25, 0.3) is 0 Å². The van der Waals surface area contributed by atoms with Gasteiger partial charge in [0, 0.05) is 29.7 Å². The maximum Gasteiger partial charge on any atom is 0.135 e. The zero-order valence-corrected chi connectivity index (χ0v) is 12.0. The zero-order valence-electron chi connectivity index (χ0n) is 10.4. The van der Waals surface area contributed by atoms with Crippen LogP contribution < -0.4 is 11.1 Å². The third-order valence-corrected chi connectivity index (χ3v) is 3.94. The highest BCUT2D eigenvalue weighted by atomic mass is 32.1. The van der Waals surface area contributed by atoms with Crippen molar-refractivity contribution < 1.29 is 4.39 Å². The second-order valence-corrected chi connectivity index (χ2v) is 5.54. The Morgan fingerprint density at radius 3 is 3.00 bits per heavy atom. The minimum Gasteiger partial charge on any atom is -0.389 e. The standard InChI is InChI=1S/C13H14FN3S2/c1-8(13-16-5-6-19-13)7-17-10-4-2-3-9(14)11(10)12(15)18/h2-6,8,17H,7H2,1H3,(H2,15,18). The van der Waals surface area contributed by atoms with Crippen molar-refractivity contribution in [2.45, 2.75) is 12.8 Å². The van der Waals surface area contributed by atoms with Gasteiger partial charge in [0.2, 0.25) is 0 Å². The number of nitrogens with one attached hydrogen (secondary N) is 1. The molecule has 1 atom stereocenters. The molecule has 0 aliphatic rings. The summed E-state index contributed by atoms with van der Waals surface area (Å²) in [6.45, 7) is 2.71. The van der Waals surface area contributed by atoms with Crippen LogP contribution in [0.5, 0.6) is 0 Å². The number of thiocarbonyl (C=S) groups is 1. The van der Waals surface area contributed by atoms with E-state index < -0.39 is 5.82 Å². The molecule has 0 fully saturated rings. The summed E-state index contributed by atoms with van der Waals surface area (Å²) in [6, 6.07) is 4.75. The van der Waals surface area contributed by atoms with E-state index in [9.17, 15) is 4.39 Å². The lowest BCUT2D eigenvalue weighted by Crippen LogP contribution is -2.17. The average Bonchev–Trinajstić information content (AvgIpc) is 2.89. The van der Waals surface area contributed by atoms with Gasteiger partial charge in [-0.05, 0) is 12.1 Å². The normalized spacial score (nSPS) is 12.1. The molecule has 3 nitrogen and oxygen atoms in total. The first-order valence-corrected chi connectivity index (χ1v) is 7.10. The number of anilines is 1. The highest BCUT2D eigenvalue weighted by Crippen LogP contribution is 2.22. The number of hydrogen-bond acceptors (Lipinski definition) is 4. The molecule has 1 heterocycles. The van der Waals surface area contributed by atoms with Crippen LogP contribution in [0.3, 0.4) is 0 Å². The topological polar surface area (TPSA) is 50.9 Å². The van der Waals surface area contributed by atoms with Crippen molar-refractivity contribution >= 4 is 34.2 Å². The minimum absolute atomic E-state index is 0.0579. The first kappa shape index (κ1) is 13.9. The summed E-state index contributed by atoms with van der Waals surface area (Å²) in [7, 11) is 0. The van der Waals surface area contributed by atoms with Crippen LogP contribution >= 0.6 is 23.6 Å². The van der Waals surface area contributed by atoms with Crippen molar-refractivity contribution in [3.8, 4) is 0 Å². The van der Waals surface area contributed by atoms with E-state index in [1.807, 2.05) is 5.38 Å². The van der Waals surface area contributed by atoms with Gasteiger partial charge in [-0.2, -0.15) is 0 Å². The first-order chi connectivity index (χ1) is 9.09. The highest BCUT2D eigenvalue weighted by Gasteiger charge is 2.13. The summed E-state index contributed by atoms with van der Waals surface area (Å²) in [4.78, 5) is 4.32. The average molecular weight is 295 g/mol. The van der Waals surface area contributed by atoms with Crippen molar-refractivity contribution in [3.63, 3.8) is 0 Å². The van der Waals surface area contributed by atoms with E-state index in [0.29, 0.717) is 12.2 Å². The molecule has 0 aliphatic carbocycles. The van der Waals surface area contributed by atoms with Crippen LogP contribution in [0.25, 0.3) is 0 Å². The van der Waals surface area contributed by atoms with Crippen molar-refractivity contribution in [1.82, 2.24) is 4.98 Å². The van der Waals surface area contributed by atoms with Crippen molar-refractivity contribution in [3.05, 3.63) is 46.2 Å². The number of halogens is 1. The summed E-state index contributed by atoms with van der Waals surface area (Å²) in [5.74, 6) is -0.165. The Morgan fingerprint density at radius 2 is 2.37 bits per heavy atom. The summed E-state index contributed by atoms with van der Waals surface area (Å²) in [5, 5.41) is 6.16. The fourth-order valence-electron chi connectivity index (χ4n) is 1.75. The Kier molecular flexibility index (Phi) is 4.44. The lowest BCUT2D eigenvalue weighted by molar-refractivity contribution is 0.625. The SMILES string of the molecule is CC(CNc1cccc(F)c1C(N)=S)c1nccs1. The molecule has 0 spiro atoms. The van der Waals surface area contributed by atoms with Crippen molar-refractivity contribution in [2.24, 2.45) is 5.73 Å². The molecule has 100 valence electrons. The third-order valence-electron chi connectivity index (χ3n) is 2.73. The molecule has 1 aromatic heterocycles. The van der Waals surface area contributed by atoms with Crippen molar-refractivity contribution in [1.29, 1.82) is 0 Å². The van der Waals surface area contributed by atoms with Gasteiger partial charge < -0.3 is 11.1 Å². The molecule has 3 N–H and O–H groups in total. The molecule has 1 aromatic carbocycles. The molecule has 0 amide bonds. The van der Waals surface area contributed by atoms with Crippen LogP contribution in [0.15, 0.2) is 29.8 Å². The smallest absolute Gasteiger partial charge is 0.135 e. The molecule has 19 heavy (non-hydrogen) atoms. The quantitative estimate of drug-likeness (QED) is 0.832. The van der Waals surface area contributed by atoms with Crippen LogP contribution in [-0.2, 0) is 0 Å². The van der Waals surface area contributed by atoms with E-state index >= 15 is 0 Å². The summed E-state index contributed by atoms with van der Waals surface area (Å²) in [6.07, 6.45) is 1.78. The Bertz CT molecular complexity index is 569. The fourth-order valence-corrected chi connectivity index (χ4v) is 2.66. The molecule has 1 unspecified atom stereocenters. The van der Waals surface area contributed by atoms with Crippen LogP contribution in [-0.4, -0.2) is 16.5 Å². The molecule has 0 radical (unpaired) electrons. The van der Waals surface area contributed by atoms with Crippen molar-refractivity contribution in [2.75, 3.05) is 11.9 Å². The summed E-state index contributed by atoms with van der Waals surface area (Å²) < 4.78 is 13.7. The summed E-state index contributed by atoms with van der Waals surface area (Å²) >= 11 is 6.49. The molecule has 2 aromatic rings. The number of benzene rings is 1. The van der Waals surface area contributed by atoms with E-state index in [1.165, 1.54) is 6.07 Å². The van der Waals surface area contributed by atoms with Crippen LogP contribution in [0, 0.1) is 5.82 Å². The number of rotatable bonds is 5. The number of aromatic nitrogens is 1. The molecule has 0 saturated carbocycles. The molecule has 6 heteroatoms. The Labute approximate surface area is 120 Å². The monoisotopic (exact) mass is 295 g/mol. The summed E-state index contributed by atoms with van der Waals surface area (Å²) in [5.41, 5.74) is 6.45. The Balaban J connectivity index is 2.12. The lowest BCUT2D eigenvalue weighted by atomic mass is 10.1. The predicted octanol–water partition coefficient (Wildman–Crippen LogP) is 3.13. The zero-order chi connectivity index (χ0) is 13.8. The number of nitrogens with two attached hydrogens (primary N) is 1. The van der Waals surface area contributed by atoms with E-state index in [1.54, 1.807) is 29.7 Å². The van der Waals surface area contributed by atoms with Crippen LogP contribution in [0.4, 0.5) is 10.1 Å². The fraction of sp³-hybridized carbons (Fsp3) is 0.231. The van der Waals surface area contributed by atoms with E-state index in [0.717, 1.165) is 5.01 Å². The van der Waals surface area contributed by atoms with Crippen LogP contribution in [0.1, 0.15) is 23.4 Å². The van der Waals surface area contributed by atoms with Gasteiger partial charge in [0.05, 0.1) is 10.6 Å². The van der Waals surface area contributed by atoms with E-state index in [-0.39, 0.29) is 16.5 Å². The first-order valence-electron chi connectivity index (χ1n) is 5.81. The molecule has 0 bridgehead atoms. The largest absolute Gasteiger partial charge is 0.389 e. The maximum absolute atomic E-state index is 13.7. The van der Waals surface area contributed by atoms with Gasteiger partial charge >= 0.3 is 0 Å². The van der Waals surface area contributed by atoms with Gasteiger partial charge in [-0.3, -0.25) is 0 Å². The van der Waals surface area contributed by atoms with Gasteiger partial charge in [-0.15, -0.1) is 11.3 Å². The van der Waals surface area contributed by atoms with Gasteiger partial charge in [-0.1, -0.05) is 25.2 Å². The molecular formula is C13H14FN3S2. The number of thiazole rings is 1. The lowest BCUT2D eigenvalue weighted by Gasteiger charge is -2.14. The molecule has 0 aliphatic heterocycles. The van der Waals surface area contributed by atoms with Gasteiger partial charge in [-0.25, -0.2) is 9.37 Å². The number of nitrogens with zero attached hydrogens (tertiary/aromatic N) is 1. The Hall–Kier alpha value is -1.53. The highest BCUT2D eigenvalue weighted by molar-refractivity contribution is 7.80. The van der Waals surface area contributed by atoms with E-state index in [2.05, 4.69) is 17.2 Å². The second kappa shape index (κ2) is 6.08. The van der Waals surface area contributed by atoms with E-state index in [4.69, 9.17) is 18.0 Å². The minimum atomic E-state index is -0.403. The predicted molar refractivity (Wildman–Crippen MR) is 81.3 cm³/mol. The maximum atomic E-state index is 13.7. The Morgan fingerprint density at radius 1 is 1.58 bits per heavy atom. The number of hydrogen-bond donors (Lipinski definition) is 2. The molecular weight excluding hydrogens is 281 g/mol. The van der Waals surface area contributed by atoms with Gasteiger partial charge in [0.15, 0.2) is 0 Å².